The SMILES string of the molecule is CC(C)OCCS(=O)(=O)c1ccc(Br)cc1N. The van der Waals surface area contributed by atoms with Crippen LogP contribution in [-0.2, 0) is 14.6 Å². The lowest BCUT2D eigenvalue weighted by molar-refractivity contribution is 0.0912. The molecule has 1 aromatic rings. The fourth-order valence-corrected chi connectivity index (χ4v) is 2.91. The summed E-state index contributed by atoms with van der Waals surface area (Å²) >= 11 is 3.24. The Morgan fingerprint density at radius 1 is 1.41 bits per heavy atom. The molecule has 17 heavy (non-hydrogen) atoms. The van der Waals surface area contributed by atoms with Gasteiger partial charge in [0.1, 0.15) is 0 Å². The minimum absolute atomic E-state index is 0.0208. The number of hydrogen-bond acceptors (Lipinski definition) is 4. The van der Waals surface area contributed by atoms with Crippen LogP contribution in [0.25, 0.3) is 0 Å². The molecule has 6 heteroatoms. The minimum Gasteiger partial charge on any atom is -0.398 e. The average molecular weight is 322 g/mol. The second-order valence-electron chi connectivity index (χ2n) is 3.92. The maximum atomic E-state index is 12.0. The molecular weight excluding hydrogens is 306 g/mol. The number of benzene rings is 1. The van der Waals surface area contributed by atoms with E-state index in [9.17, 15) is 8.42 Å². The van der Waals surface area contributed by atoms with Crippen molar-refractivity contribution in [3.8, 4) is 0 Å². The smallest absolute Gasteiger partial charge is 0.182 e. The summed E-state index contributed by atoms with van der Waals surface area (Å²) in [6.07, 6.45) is 0.0208. The van der Waals surface area contributed by atoms with Gasteiger partial charge in [0.05, 0.1) is 29.0 Å². The molecular formula is C11H16BrNO3S. The van der Waals surface area contributed by atoms with Crippen molar-refractivity contribution in [2.45, 2.75) is 24.8 Å². The zero-order valence-corrected chi connectivity index (χ0v) is 12.2. The second kappa shape index (κ2) is 5.84. The molecule has 0 saturated carbocycles. The summed E-state index contributed by atoms with van der Waals surface area (Å²) in [6, 6.07) is 4.74. The van der Waals surface area contributed by atoms with Gasteiger partial charge in [0, 0.05) is 4.47 Å². The second-order valence-corrected chi connectivity index (χ2v) is 6.91. The van der Waals surface area contributed by atoms with Gasteiger partial charge in [-0.2, -0.15) is 0 Å². The first kappa shape index (κ1) is 14.5. The highest BCUT2D eigenvalue weighted by Crippen LogP contribution is 2.23. The Morgan fingerprint density at radius 3 is 2.59 bits per heavy atom. The van der Waals surface area contributed by atoms with E-state index in [2.05, 4.69) is 15.9 Å². The number of rotatable bonds is 5. The highest BCUT2D eigenvalue weighted by molar-refractivity contribution is 9.10. The molecule has 2 N–H and O–H groups in total. The van der Waals surface area contributed by atoms with Gasteiger partial charge in [-0.05, 0) is 32.0 Å². The van der Waals surface area contributed by atoms with E-state index in [0.29, 0.717) is 0 Å². The lowest BCUT2D eigenvalue weighted by Gasteiger charge is -2.10. The molecule has 1 rings (SSSR count). The average Bonchev–Trinajstić information content (AvgIpc) is 2.15. The number of hydrogen-bond donors (Lipinski definition) is 1. The van der Waals surface area contributed by atoms with Gasteiger partial charge in [-0.15, -0.1) is 0 Å². The molecule has 0 spiro atoms. The number of halogens is 1. The minimum atomic E-state index is -3.37. The van der Waals surface area contributed by atoms with E-state index in [-0.39, 0.29) is 29.0 Å². The summed E-state index contributed by atoms with van der Waals surface area (Å²) in [5.41, 5.74) is 5.94. The molecule has 0 unspecified atom stereocenters. The predicted molar refractivity (Wildman–Crippen MR) is 71.7 cm³/mol. The molecule has 0 aliphatic heterocycles. The van der Waals surface area contributed by atoms with E-state index in [4.69, 9.17) is 10.5 Å². The molecule has 96 valence electrons. The first-order chi connectivity index (χ1) is 7.83. The fraction of sp³-hybridized carbons (Fsp3) is 0.455. The van der Waals surface area contributed by atoms with Crippen LogP contribution in [0.15, 0.2) is 27.6 Å². The van der Waals surface area contributed by atoms with E-state index in [1.165, 1.54) is 6.07 Å². The Labute approximate surface area is 110 Å². The van der Waals surface area contributed by atoms with Crippen LogP contribution in [0.3, 0.4) is 0 Å². The Balaban J connectivity index is 2.83. The Kier molecular flexibility index (Phi) is 4.97. The van der Waals surface area contributed by atoms with Gasteiger partial charge in [0.2, 0.25) is 0 Å². The molecule has 0 aliphatic carbocycles. The maximum Gasteiger partial charge on any atom is 0.182 e. The highest BCUT2D eigenvalue weighted by atomic mass is 79.9. The Hall–Kier alpha value is -0.590. The van der Waals surface area contributed by atoms with Gasteiger partial charge in [-0.3, -0.25) is 0 Å². The van der Waals surface area contributed by atoms with Crippen LogP contribution in [0, 0.1) is 0 Å². The van der Waals surface area contributed by atoms with Gasteiger partial charge >= 0.3 is 0 Å². The number of anilines is 1. The van der Waals surface area contributed by atoms with Crippen molar-refractivity contribution < 1.29 is 13.2 Å². The van der Waals surface area contributed by atoms with E-state index < -0.39 is 9.84 Å². The lowest BCUT2D eigenvalue weighted by Crippen LogP contribution is -2.16. The lowest BCUT2D eigenvalue weighted by atomic mass is 10.3. The van der Waals surface area contributed by atoms with E-state index in [1.54, 1.807) is 12.1 Å². The molecule has 4 nitrogen and oxygen atoms in total. The molecule has 0 heterocycles. The van der Waals surface area contributed by atoms with Crippen LogP contribution < -0.4 is 5.73 Å². The normalized spacial score (nSPS) is 12.0. The predicted octanol–water partition coefficient (Wildman–Crippen LogP) is 2.23. The third-order valence-electron chi connectivity index (χ3n) is 2.11. The monoisotopic (exact) mass is 321 g/mol. The topological polar surface area (TPSA) is 69.4 Å². The van der Waals surface area contributed by atoms with Crippen molar-refractivity contribution in [2.75, 3.05) is 18.1 Å². The van der Waals surface area contributed by atoms with Crippen LogP contribution in [0.2, 0.25) is 0 Å². The van der Waals surface area contributed by atoms with Crippen molar-refractivity contribution in [1.82, 2.24) is 0 Å². The third-order valence-corrected chi connectivity index (χ3v) is 4.35. The summed E-state index contributed by atoms with van der Waals surface area (Å²) in [4.78, 5) is 0.160. The fourth-order valence-electron chi connectivity index (χ4n) is 1.31. The number of sulfone groups is 1. The van der Waals surface area contributed by atoms with E-state index in [0.717, 1.165) is 4.47 Å². The molecule has 0 amide bonds. The maximum absolute atomic E-state index is 12.0. The zero-order valence-electron chi connectivity index (χ0n) is 9.81. The van der Waals surface area contributed by atoms with E-state index in [1.807, 2.05) is 13.8 Å². The highest BCUT2D eigenvalue weighted by Gasteiger charge is 2.17. The molecule has 0 radical (unpaired) electrons. The largest absolute Gasteiger partial charge is 0.398 e. The summed E-state index contributed by atoms with van der Waals surface area (Å²) in [5, 5.41) is 0. The zero-order chi connectivity index (χ0) is 13.1. The van der Waals surface area contributed by atoms with Crippen molar-refractivity contribution in [1.29, 1.82) is 0 Å². The van der Waals surface area contributed by atoms with Crippen molar-refractivity contribution in [3.63, 3.8) is 0 Å². The Bertz CT molecular complexity index is 485. The first-order valence-electron chi connectivity index (χ1n) is 5.22. The molecule has 0 saturated heterocycles. The standard InChI is InChI=1S/C11H16BrNO3S/c1-8(2)16-5-6-17(14,15)11-4-3-9(12)7-10(11)13/h3-4,7-8H,5-6,13H2,1-2H3. The van der Waals surface area contributed by atoms with Crippen LogP contribution >= 0.6 is 15.9 Å². The van der Waals surface area contributed by atoms with Crippen molar-refractivity contribution in [3.05, 3.63) is 22.7 Å². The third kappa shape index (κ3) is 4.29. The van der Waals surface area contributed by atoms with Crippen molar-refractivity contribution >= 4 is 31.5 Å². The summed E-state index contributed by atoms with van der Waals surface area (Å²) in [7, 11) is -3.37. The number of nitrogens with two attached hydrogens (primary N) is 1. The number of nitrogen functional groups attached to an aromatic ring is 1. The summed E-state index contributed by atoms with van der Waals surface area (Å²) < 4.78 is 29.9. The molecule has 0 atom stereocenters. The number of ether oxygens (including phenoxy) is 1. The Morgan fingerprint density at radius 2 is 2.06 bits per heavy atom. The van der Waals surface area contributed by atoms with Gasteiger partial charge in [0.25, 0.3) is 0 Å². The van der Waals surface area contributed by atoms with Crippen molar-refractivity contribution in [2.24, 2.45) is 0 Å². The molecule has 1 aromatic carbocycles. The quantitative estimate of drug-likeness (QED) is 0.844. The van der Waals surface area contributed by atoms with Gasteiger partial charge in [0.15, 0.2) is 9.84 Å². The first-order valence-corrected chi connectivity index (χ1v) is 7.67. The summed E-state index contributed by atoms with van der Waals surface area (Å²) in [5.74, 6) is -0.0585. The van der Waals surface area contributed by atoms with Crippen LogP contribution in [0.1, 0.15) is 13.8 Å². The van der Waals surface area contributed by atoms with Gasteiger partial charge < -0.3 is 10.5 Å². The molecule has 0 bridgehead atoms. The van der Waals surface area contributed by atoms with Crippen LogP contribution in [-0.4, -0.2) is 26.9 Å². The summed E-state index contributed by atoms with van der Waals surface area (Å²) in [6.45, 7) is 3.90. The van der Waals surface area contributed by atoms with Crippen LogP contribution in [0.5, 0.6) is 0 Å². The van der Waals surface area contributed by atoms with Crippen LogP contribution in [0.4, 0.5) is 5.69 Å². The van der Waals surface area contributed by atoms with E-state index >= 15 is 0 Å². The molecule has 0 aromatic heterocycles. The molecule has 0 aliphatic rings. The van der Waals surface area contributed by atoms with Gasteiger partial charge in [-0.1, -0.05) is 15.9 Å². The molecule has 0 fully saturated rings. The van der Waals surface area contributed by atoms with Gasteiger partial charge in [-0.25, -0.2) is 8.42 Å².